The monoisotopic (exact) mass is 554 g/mol. The molecule has 4 aromatic rings. The predicted octanol–water partition coefficient (Wildman–Crippen LogP) is 4.40. The van der Waals surface area contributed by atoms with Gasteiger partial charge in [0.25, 0.3) is 5.91 Å². The number of hydrogen-bond acceptors (Lipinski definition) is 7. The van der Waals surface area contributed by atoms with Crippen molar-refractivity contribution in [2.24, 2.45) is 0 Å². The molecule has 0 unspecified atom stereocenters. The number of halogens is 2. The number of nitriles is 1. The molecular formula is C24H16Cl2N6O4S. The van der Waals surface area contributed by atoms with Crippen molar-refractivity contribution < 1.29 is 17.8 Å². The first-order valence-electron chi connectivity index (χ1n) is 10.7. The highest BCUT2D eigenvalue weighted by atomic mass is 35.5. The second-order valence-electron chi connectivity index (χ2n) is 8.53. The minimum absolute atomic E-state index is 0.00445. The number of carbonyl (C=O) groups excluding carboxylic acids is 1. The summed E-state index contributed by atoms with van der Waals surface area (Å²) in [5, 5.41) is 8.92. The van der Waals surface area contributed by atoms with E-state index in [4.69, 9.17) is 28.5 Å². The van der Waals surface area contributed by atoms with Crippen LogP contribution in [0.5, 0.6) is 0 Å². The second kappa shape index (κ2) is 8.93. The van der Waals surface area contributed by atoms with E-state index in [0.717, 1.165) is 11.8 Å². The molecular weight excluding hydrogens is 539 g/mol. The zero-order valence-corrected chi connectivity index (χ0v) is 21.3. The number of fused-ring (bicyclic) bond motifs is 1. The van der Waals surface area contributed by atoms with Gasteiger partial charge in [0, 0.05) is 34.4 Å². The topological polar surface area (TPSA) is 142 Å². The van der Waals surface area contributed by atoms with Crippen LogP contribution in [0.3, 0.4) is 0 Å². The number of aromatic nitrogens is 4. The maximum Gasteiger partial charge on any atom is 0.312 e. The van der Waals surface area contributed by atoms with Gasteiger partial charge >= 0.3 is 10.1 Å². The summed E-state index contributed by atoms with van der Waals surface area (Å²) in [7, 11) is -4.71. The van der Waals surface area contributed by atoms with Crippen LogP contribution in [-0.2, 0) is 26.9 Å². The normalized spacial score (nSPS) is 17.1. The van der Waals surface area contributed by atoms with Gasteiger partial charge in [-0.25, -0.2) is 19.9 Å². The van der Waals surface area contributed by atoms with Crippen LogP contribution in [0, 0.1) is 11.3 Å². The van der Waals surface area contributed by atoms with Gasteiger partial charge in [0.1, 0.15) is 11.6 Å². The molecule has 13 heteroatoms. The number of rotatable bonds is 5. The van der Waals surface area contributed by atoms with Gasteiger partial charge in [0.15, 0.2) is 5.03 Å². The van der Waals surface area contributed by atoms with Gasteiger partial charge in [-0.2, -0.15) is 13.7 Å². The number of carbonyl (C=O) groups is 1. The lowest BCUT2D eigenvalue weighted by molar-refractivity contribution is -0.124. The third-order valence-electron chi connectivity index (χ3n) is 6.03. The average Bonchev–Trinajstić information content (AvgIpc) is 3.37. The van der Waals surface area contributed by atoms with Crippen LogP contribution < -0.4 is 4.90 Å². The van der Waals surface area contributed by atoms with Crippen LogP contribution in [0.25, 0.3) is 11.1 Å². The Labute approximate surface area is 221 Å². The van der Waals surface area contributed by atoms with Gasteiger partial charge in [-0.15, -0.1) is 0 Å². The molecule has 2 aromatic carbocycles. The van der Waals surface area contributed by atoms with Crippen molar-refractivity contribution in [1.82, 2.24) is 19.5 Å². The third kappa shape index (κ3) is 4.34. The Morgan fingerprint density at radius 3 is 2.19 bits per heavy atom. The van der Waals surface area contributed by atoms with Crippen molar-refractivity contribution >= 4 is 50.9 Å². The quantitative estimate of drug-likeness (QED) is 0.357. The fourth-order valence-corrected chi connectivity index (χ4v) is 5.58. The molecule has 1 aliphatic rings. The van der Waals surface area contributed by atoms with Crippen LogP contribution in [-0.4, -0.2) is 38.4 Å². The lowest BCUT2D eigenvalue weighted by Crippen LogP contribution is -2.41. The van der Waals surface area contributed by atoms with E-state index in [1.807, 2.05) is 6.07 Å². The Hall–Kier alpha value is -3.82. The maximum atomic E-state index is 13.9. The summed E-state index contributed by atoms with van der Waals surface area (Å²) in [5.74, 6) is -0.419. The van der Waals surface area contributed by atoms with E-state index in [2.05, 4.69) is 15.0 Å². The van der Waals surface area contributed by atoms with Gasteiger partial charge in [-0.1, -0.05) is 47.5 Å². The molecule has 1 aliphatic heterocycles. The van der Waals surface area contributed by atoms with Crippen molar-refractivity contribution in [2.75, 3.05) is 4.90 Å². The Morgan fingerprint density at radius 2 is 1.62 bits per heavy atom. The minimum Gasteiger partial charge on any atom is -0.283 e. The number of amides is 1. The highest BCUT2D eigenvalue weighted by Gasteiger charge is 2.51. The molecule has 0 bridgehead atoms. The highest BCUT2D eigenvalue weighted by molar-refractivity contribution is 7.85. The molecule has 3 heterocycles. The van der Waals surface area contributed by atoms with E-state index in [1.165, 1.54) is 40.1 Å². The Balaban J connectivity index is 1.57. The molecule has 0 radical (unpaired) electrons. The van der Waals surface area contributed by atoms with E-state index >= 15 is 0 Å². The Kier molecular flexibility index (Phi) is 6.00. The SMILES string of the molecule is C[C@@]1(Cc2ccc(-c3cnc(C#N)nc3)cc2)C(=O)N(c2cc(Cl)cc(Cl)c2)c2ncc(S(=O)(=O)O)n21. The van der Waals surface area contributed by atoms with Crippen LogP contribution in [0.4, 0.5) is 11.6 Å². The molecule has 0 spiro atoms. The molecule has 1 N–H and O–H groups in total. The molecule has 0 saturated heterocycles. The van der Waals surface area contributed by atoms with E-state index in [0.29, 0.717) is 16.8 Å². The van der Waals surface area contributed by atoms with Gasteiger partial charge in [-0.3, -0.25) is 13.9 Å². The summed E-state index contributed by atoms with van der Waals surface area (Å²) in [6, 6.07) is 13.6. The summed E-state index contributed by atoms with van der Waals surface area (Å²) in [6.45, 7) is 1.57. The fourth-order valence-electron chi connectivity index (χ4n) is 4.36. The first kappa shape index (κ1) is 24.9. The van der Waals surface area contributed by atoms with Crippen molar-refractivity contribution in [1.29, 1.82) is 5.26 Å². The van der Waals surface area contributed by atoms with E-state index in [1.54, 1.807) is 31.2 Å². The number of anilines is 2. The lowest BCUT2D eigenvalue weighted by Gasteiger charge is -2.26. The summed E-state index contributed by atoms with van der Waals surface area (Å²) < 4.78 is 35.5. The maximum absolute atomic E-state index is 13.9. The van der Waals surface area contributed by atoms with E-state index in [-0.39, 0.29) is 28.2 Å². The molecule has 186 valence electrons. The molecule has 1 amide bonds. The van der Waals surface area contributed by atoms with Crippen molar-refractivity contribution in [3.8, 4) is 17.2 Å². The molecule has 1 atom stereocenters. The third-order valence-corrected chi connectivity index (χ3v) is 7.28. The van der Waals surface area contributed by atoms with Crippen LogP contribution in [0.15, 0.2) is 66.1 Å². The molecule has 0 fully saturated rings. The zero-order valence-electron chi connectivity index (χ0n) is 19.0. The zero-order chi connectivity index (χ0) is 26.5. The fraction of sp³-hybridized carbons (Fsp3) is 0.125. The molecule has 37 heavy (non-hydrogen) atoms. The average molecular weight is 555 g/mol. The van der Waals surface area contributed by atoms with Crippen LogP contribution in [0.1, 0.15) is 18.3 Å². The number of hydrogen-bond donors (Lipinski definition) is 1. The van der Waals surface area contributed by atoms with Crippen molar-refractivity contribution in [2.45, 2.75) is 23.9 Å². The number of imidazole rings is 1. The first-order valence-corrected chi connectivity index (χ1v) is 12.9. The van der Waals surface area contributed by atoms with E-state index < -0.39 is 26.6 Å². The first-order chi connectivity index (χ1) is 17.5. The second-order valence-corrected chi connectivity index (χ2v) is 10.8. The number of nitrogens with zero attached hydrogens (tertiary/aromatic N) is 6. The van der Waals surface area contributed by atoms with Gasteiger partial charge in [-0.05, 0) is 36.2 Å². The highest BCUT2D eigenvalue weighted by Crippen LogP contribution is 2.44. The van der Waals surface area contributed by atoms with Crippen molar-refractivity contribution in [3.05, 3.63) is 82.5 Å². The Morgan fingerprint density at radius 1 is 1.00 bits per heavy atom. The largest absolute Gasteiger partial charge is 0.312 e. The van der Waals surface area contributed by atoms with Gasteiger partial charge in [0.2, 0.25) is 11.8 Å². The van der Waals surface area contributed by atoms with Gasteiger partial charge < -0.3 is 0 Å². The summed E-state index contributed by atoms with van der Waals surface area (Å²) in [4.78, 5) is 27.2. The standard InChI is InChI=1S/C24H16Cl2N6O4S/c1-24(9-14-2-4-15(5-3-14)16-11-28-20(10-27)29-12-16)22(33)31(19-7-17(25)6-18(26)8-19)23-30-13-21(32(23)24)37(34,35)36/h2-8,11-13H,9H2,1H3,(H,34,35,36)/t24-/m1/s1. The summed E-state index contributed by atoms with van der Waals surface area (Å²) in [5.41, 5.74) is 1.03. The Bertz CT molecular complexity index is 1680. The molecule has 0 saturated carbocycles. The predicted molar refractivity (Wildman–Crippen MR) is 135 cm³/mol. The molecule has 2 aromatic heterocycles. The molecule has 0 aliphatic carbocycles. The number of benzene rings is 2. The van der Waals surface area contributed by atoms with E-state index in [9.17, 15) is 17.8 Å². The van der Waals surface area contributed by atoms with Crippen molar-refractivity contribution in [3.63, 3.8) is 0 Å². The van der Waals surface area contributed by atoms with Crippen LogP contribution >= 0.6 is 23.2 Å². The summed E-state index contributed by atoms with van der Waals surface area (Å²) in [6.07, 6.45) is 4.15. The van der Waals surface area contributed by atoms with Gasteiger partial charge in [0.05, 0.1) is 11.9 Å². The smallest absolute Gasteiger partial charge is 0.283 e. The molecule has 5 rings (SSSR count). The van der Waals surface area contributed by atoms with Crippen LogP contribution in [0.2, 0.25) is 10.0 Å². The summed E-state index contributed by atoms with van der Waals surface area (Å²) >= 11 is 12.3. The lowest BCUT2D eigenvalue weighted by atomic mass is 9.91. The minimum atomic E-state index is -4.71. The molecule has 10 nitrogen and oxygen atoms in total.